The third kappa shape index (κ3) is 4.79. The van der Waals surface area contributed by atoms with E-state index in [1.54, 1.807) is 6.07 Å². The van der Waals surface area contributed by atoms with Crippen molar-refractivity contribution in [2.45, 2.75) is 6.54 Å². The highest BCUT2D eigenvalue weighted by molar-refractivity contribution is 5.87. The zero-order valence-electron chi connectivity index (χ0n) is 9.86. The van der Waals surface area contributed by atoms with Crippen LogP contribution < -0.4 is 5.32 Å². The molecule has 0 aliphatic heterocycles. The van der Waals surface area contributed by atoms with E-state index in [0.717, 1.165) is 0 Å². The molecule has 0 spiro atoms. The summed E-state index contributed by atoms with van der Waals surface area (Å²) in [6.45, 7) is 1.74. The molecule has 1 rings (SSSR count). The van der Waals surface area contributed by atoms with Gasteiger partial charge in [-0.1, -0.05) is 6.07 Å². The summed E-state index contributed by atoms with van der Waals surface area (Å²) in [5.74, 6) is -2.01. The minimum absolute atomic E-state index is 0.0120. The van der Waals surface area contributed by atoms with Crippen LogP contribution in [-0.4, -0.2) is 42.5 Å². The number of aromatic carboxylic acids is 1. The molecular weight excluding hydrogens is 241 g/mol. The maximum Gasteiger partial charge on any atom is 0.338 e. The van der Waals surface area contributed by atoms with Crippen molar-refractivity contribution in [3.8, 4) is 0 Å². The summed E-state index contributed by atoms with van der Waals surface area (Å²) in [7, 11) is 0. The number of carboxylic acids is 1. The summed E-state index contributed by atoms with van der Waals surface area (Å²) in [5, 5.41) is 20.1. The van der Waals surface area contributed by atoms with Gasteiger partial charge in [-0.2, -0.15) is 0 Å². The van der Waals surface area contributed by atoms with Gasteiger partial charge in [0.05, 0.1) is 25.4 Å². The van der Waals surface area contributed by atoms with Crippen molar-refractivity contribution in [1.82, 2.24) is 5.32 Å². The van der Waals surface area contributed by atoms with Gasteiger partial charge in [-0.25, -0.2) is 9.18 Å². The van der Waals surface area contributed by atoms with Crippen molar-refractivity contribution >= 4 is 5.97 Å². The molecule has 6 heteroatoms. The Hall–Kier alpha value is -1.50. The maximum absolute atomic E-state index is 13.3. The Bertz CT molecular complexity index is 398. The van der Waals surface area contributed by atoms with Gasteiger partial charge in [-0.05, 0) is 17.7 Å². The number of nitrogens with one attached hydrogen (secondary N) is 1. The summed E-state index contributed by atoms with van der Waals surface area (Å²) < 4.78 is 18.3. The Kier molecular flexibility index (Phi) is 6.27. The third-order valence-corrected chi connectivity index (χ3v) is 2.25. The average Bonchev–Trinajstić information content (AvgIpc) is 2.33. The summed E-state index contributed by atoms with van der Waals surface area (Å²) in [5.41, 5.74) is 0.338. The van der Waals surface area contributed by atoms with E-state index in [-0.39, 0.29) is 12.2 Å². The molecule has 0 aromatic heterocycles. The summed E-state index contributed by atoms with van der Waals surface area (Å²) in [6, 6.07) is 4.01. The van der Waals surface area contributed by atoms with Gasteiger partial charge >= 0.3 is 5.97 Å². The SMILES string of the molecule is O=C(O)c1ccc(CNCCOCCO)cc1F. The molecule has 0 saturated carbocycles. The lowest BCUT2D eigenvalue weighted by atomic mass is 10.1. The predicted octanol–water partition coefficient (Wildman–Crippen LogP) is 0.622. The first-order valence-corrected chi connectivity index (χ1v) is 5.56. The van der Waals surface area contributed by atoms with Crippen LogP contribution in [-0.2, 0) is 11.3 Å². The molecule has 0 bridgehead atoms. The number of hydrogen-bond acceptors (Lipinski definition) is 4. The number of rotatable bonds is 8. The fourth-order valence-electron chi connectivity index (χ4n) is 1.39. The smallest absolute Gasteiger partial charge is 0.338 e. The van der Waals surface area contributed by atoms with Crippen molar-refractivity contribution in [3.63, 3.8) is 0 Å². The molecule has 0 unspecified atom stereocenters. The van der Waals surface area contributed by atoms with Crippen LogP contribution in [0.25, 0.3) is 0 Å². The third-order valence-electron chi connectivity index (χ3n) is 2.25. The normalized spacial score (nSPS) is 10.6. The van der Waals surface area contributed by atoms with E-state index in [4.69, 9.17) is 14.9 Å². The van der Waals surface area contributed by atoms with E-state index >= 15 is 0 Å². The second kappa shape index (κ2) is 7.75. The maximum atomic E-state index is 13.3. The lowest BCUT2D eigenvalue weighted by molar-refractivity contribution is 0.0692. The van der Waals surface area contributed by atoms with Crippen molar-refractivity contribution in [3.05, 3.63) is 35.1 Å². The molecule has 0 aliphatic rings. The van der Waals surface area contributed by atoms with Crippen molar-refractivity contribution in [1.29, 1.82) is 0 Å². The topological polar surface area (TPSA) is 78.8 Å². The molecule has 0 radical (unpaired) electrons. The summed E-state index contributed by atoms with van der Waals surface area (Å²) >= 11 is 0. The van der Waals surface area contributed by atoms with Gasteiger partial charge in [0.15, 0.2) is 0 Å². The molecule has 0 aliphatic carbocycles. The number of hydrogen-bond donors (Lipinski definition) is 3. The number of ether oxygens (including phenoxy) is 1. The molecule has 1 aromatic carbocycles. The molecule has 0 amide bonds. The standard InChI is InChI=1S/C12H16FNO4/c13-11-7-9(1-2-10(11)12(16)17)8-14-3-5-18-6-4-15/h1-2,7,14-15H,3-6,8H2,(H,16,17). The second-order valence-electron chi connectivity index (χ2n) is 3.63. The predicted molar refractivity (Wildman–Crippen MR) is 63.0 cm³/mol. The number of benzene rings is 1. The zero-order chi connectivity index (χ0) is 13.4. The highest BCUT2D eigenvalue weighted by Crippen LogP contribution is 2.10. The highest BCUT2D eigenvalue weighted by atomic mass is 19.1. The van der Waals surface area contributed by atoms with Crippen LogP contribution in [0, 0.1) is 5.82 Å². The minimum atomic E-state index is -1.27. The number of aliphatic hydroxyl groups excluding tert-OH is 1. The van der Waals surface area contributed by atoms with E-state index in [1.807, 2.05) is 0 Å². The van der Waals surface area contributed by atoms with Gasteiger partial charge in [-0.3, -0.25) is 0 Å². The van der Waals surface area contributed by atoms with E-state index in [1.165, 1.54) is 12.1 Å². The first-order chi connectivity index (χ1) is 8.65. The molecule has 1 aromatic rings. The minimum Gasteiger partial charge on any atom is -0.478 e. The van der Waals surface area contributed by atoms with Crippen LogP contribution >= 0.6 is 0 Å². The van der Waals surface area contributed by atoms with Gasteiger partial charge in [0.25, 0.3) is 0 Å². The molecule has 100 valence electrons. The summed E-state index contributed by atoms with van der Waals surface area (Å²) in [6.07, 6.45) is 0. The number of aliphatic hydroxyl groups is 1. The molecule has 0 heterocycles. The van der Waals surface area contributed by atoms with Crippen molar-refractivity contribution in [2.75, 3.05) is 26.4 Å². The molecule has 0 fully saturated rings. The van der Waals surface area contributed by atoms with E-state index in [9.17, 15) is 9.18 Å². The number of halogens is 1. The van der Waals surface area contributed by atoms with Crippen LogP contribution in [0.5, 0.6) is 0 Å². The first kappa shape index (κ1) is 14.6. The molecule has 0 atom stereocenters. The largest absolute Gasteiger partial charge is 0.478 e. The van der Waals surface area contributed by atoms with Crippen molar-refractivity contribution < 1.29 is 24.1 Å². The van der Waals surface area contributed by atoms with Crippen LogP contribution in [0.3, 0.4) is 0 Å². The zero-order valence-corrected chi connectivity index (χ0v) is 9.86. The Morgan fingerprint density at radius 2 is 2.17 bits per heavy atom. The quantitative estimate of drug-likeness (QED) is 0.595. The molecule has 18 heavy (non-hydrogen) atoms. The van der Waals surface area contributed by atoms with Gasteiger partial charge < -0.3 is 20.3 Å². The van der Waals surface area contributed by atoms with Crippen molar-refractivity contribution in [2.24, 2.45) is 0 Å². The van der Waals surface area contributed by atoms with E-state index in [0.29, 0.717) is 31.9 Å². The Morgan fingerprint density at radius 3 is 2.78 bits per heavy atom. The number of carboxylic acid groups (broad SMARTS) is 1. The van der Waals surface area contributed by atoms with Crippen LogP contribution in [0.15, 0.2) is 18.2 Å². The number of carbonyl (C=O) groups is 1. The van der Waals surface area contributed by atoms with E-state index < -0.39 is 11.8 Å². The lowest BCUT2D eigenvalue weighted by Gasteiger charge is -2.06. The molecule has 5 nitrogen and oxygen atoms in total. The molecule has 3 N–H and O–H groups in total. The van der Waals surface area contributed by atoms with Crippen LogP contribution in [0.4, 0.5) is 4.39 Å². The average molecular weight is 257 g/mol. The lowest BCUT2D eigenvalue weighted by Crippen LogP contribution is -2.20. The highest BCUT2D eigenvalue weighted by Gasteiger charge is 2.09. The van der Waals surface area contributed by atoms with Crippen LogP contribution in [0.1, 0.15) is 15.9 Å². The van der Waals surface area contributed by atoms with Gasteiger partial charge in [0.2, 0.25) is 0 Å². The first-order valence-electron chi connectivity index (χ1n) is 5.56. The van der Waals surface area contributed by atoms with E-state index in [2.05, 4.69) is 5.32 Å². The van der Waals surface area contributed by atoms with Gasteiger partial charge in [-0.15, -0.1) is 0 Å². The molecule has 0 saturated heterocycles. The Morgan fingerprint density at radius 1 is 1.39 bits per heavy atom. The van der Waals surface area contributed by atoms with Gasteiger partial charge in [0, 0.05) is 13.1 Å². The van der Waals surface area contributed by atoms with Gasteiger partial charge in [0.1, 0.15) is 5.82 Å². The Labute approximate surface area is 104 Å². The van der Waals surface area contributed by atoms with Crippen LogP contribution in [0.2, 0.25) is 0 Å². The fraction of sp³-hybridized carbons (Fsp3) is 0.417. The monoisotopic (exact) mass is 257 g/mol. The fourth-order valence-corrected chi connectivity index (χ4v) is 1.39. The Balaban J connectivity index is 2.35. The second-order valence-corrected chi connectivity index (χ2v) is 3.63. The molecular formula is C12H16FNO4. The summed E-state index contributed by atoms with van der Waals surface area (Å²) in [4.78, 5) is 10.6.